The van der Waals surface area contributed by atoms with E-state index in [0.29, 0.717) is 17.8 Å². The molecule has 6 heteroatoms. The average Bonchev–Trinajstić information content (AvgIpc) is 2.69. The Morgan fingerprint density at radius 3 is 2.24 bits per heavy atom. The van der Waals surface area contributed by atoms with E-state index in [-0.39, 0.29) is 10.8 Å². The number of carbonyl (C=O) groups excluding carboxylic acids is 1. The number of hydrogen-bond donors (Lipinski definition) is 2. The zero-order chi connectivity index (χ0) is 21.0. The van der Waals surface area contributed by atoms with Crippen LogP contribution in [0.3, 0.4) is 0 Å². The fourth-order valence-corrected chi connectivity index (χ4v) is 4.00. The molecule has 0 fully saturated rings. The summed E-state index contributed by atoms with van der Waals surface area (Å²) in [5.41, 5.74) is 4.63. The molecule has 0 saturated heterocycles. The second kappa shape index (κ2) is 8.49. The lowest BCUT2D eigenvalue weighted by atomic mass is 10.1. The molecule has 0 aliphatic heterocycles. The minimum Gasteiger partial charge on any atom is -0.348 e. The molecule has 150 valence electrons. The number of aryl methyl sites for hydroxylation is 3. The smallest absolute Gasteiger partial charge is 0.261 e. The molecule has 2 N–H and O–H groups in total. The Labute approximate surface area is 171 Å². The standard InChI is InChI=1S/C23H24N2O3S/c1-16-8-12-21(13-9-16)29(27,28)25-22-14-19(11-10-18(22)3)23(26)24-15-20-7-5-4-6-17(20)2/h4-14,25H,15H2,1-3H3,(H,24,26). The molecule has 0 radical (unpaired) electrons. The van der Waals surface area contributed by atoms with Gasteiger partial charge < -0.3 is 5.32 Å². The van der Waals surface area contributed by atoms with Crippen molar-refractivity contribution >= 4 is 21.6 Å². The zero-order valence-electron chi connectivity index (χ0n) is 16.7. The summed E-state index contributed by atoms with van der Waals surface area (Å²) < 4.78 is 28.0. The quantitative estimate of drug-likeness (QED) is 0.637. The summed E-state index contributed by atoms with van der Waals surface area (Å²) >= 11 is 0. The maximum absolute atomic E-state index is 12.7. The van der Waals surface area contributed by atoms with Crippen LogP contribution in [0.25, 0.3) is 0 Å². The van der Waals surface area contributed by atoms with Crippen molar-refractivity contribution in [2.24, 2.45) is 0 Å². The van der Waals surface area contributed by atoms with Crippen LogP contribution in [0.4, 0.5) is 5.69 Å². The van der Waals surface area contributed by atoms with E-state index in [2.05, 4.69) is 10.0 Å². The molecule has 0 aromatic heterocycles. The molecular weight excluding hydrogens is 384 g/mol. The van der Waals surface area contributed by atoms with Crippen LogP contribution in [0, 0.1) is 20.8 Å². The van der Waals surface area contributed by atoms with Crippen LogP contribution in [0.1, 0.15) is 32.6 Å². The minimum absolute atomic E-state index is 0.178. The molecular formula is C23H24N2O3S. The molecule has 1 amide bonds. The van der Waals surface area contributed by atoms with Gasteiger partial charge in [-0.15, -0.1) is 0 Å². The molecule has 3 aromatic carbocycles. The van der Waals surface area contributed by atoms with E-state index >= 15 is 0 Å². The van der Waals surface area contributed by atoms with Crippen LogP contribution in [0.2, 0.25) is 0 Å². The normalized spacial score (nSPS) is 11.1. The second-order valence-corrected chi connectivity index (χ2v) is 8.74. The Morgan fingerprint density at radius 1 is 0.862 bits per heavy atom. The lowest BCUT2D eigenvalue weighted by Crippen LogP contribution is -2.23. The van der Waals surface area contributed by atoms with Crippen LogP contribution < -0.4 is 10.0 Å². The van der Waals surface area contributed by atoms with E-state index < -0.39 is 10.0 Å². The molecule has 5 nitrogen and oxygen atoms in total. The first-order chi connectivity index (χ1) is 13.8. The van der Waals surface area contributed by atoms with Crippen LogP contribution in [-0.4, -0.2) is 14.3 Å². The largest absolute Gasteiger partial charge is 0.348 e. The van der Waals surface area contributed by atoms with Gasteiger partial charge in [0.2, 0.25) is 0 Å². The number of sulfonamides is 1. The Morgan fingerprint density at radius 2 is 1.55 bits per heavy atom. The predicted octanol–water partition coefficient (Wildman–Crippen LogP) is 4.34. The van der Waals surface area contributed by atoms with Gasteiger partial charge >= 0.3 is 0 Å². The molecule has 29 heavy (non-hydrogen) atoms. The Kier molecular flexibility index (Phi) is 6.03. The molecule has 0 bridgehead atoms. The molecule has 0 unspecified atom stereocenters. The van der Waals surface area contributed by atoms with Gasteiger partial charge in [0, 0.05) is 12.1 Å². The summed E-state index contributed by atoms with van der Waals surface area (Å²) in [6.45, 7) is 6.09. The number of anilines is 1. The van der Waals surface area contributed by atoms with Crippen molar-refractivity contribution in [2.45, 2.75) is 32.2 Å². The van der Waals surface area contributed by atoms with E-state index in [0.717, 1.165) is 22.3 Å². The molecule has 3 rings (SSSR count). The van der Waals surface area contributed by atoms with Gasteiger partial charge in [-0.05, 0) is 61.7 Å². The highest BCUT2D eigenvalue weighted by molar-refractivity contribution is 7.92. The van der Waals surface area contributed by atoms with Gasteiger partial charge in [-0.1, -0.05) is 48.0 Å². The Bertz CT molecular complexity index is 1140. The monoisotopic (exact) mass is 408 g/mol. The summed E-state index contributed by atoms with van der Waals surface area (Å²) in [4.78, 5) is 12.8. The van der Waals surface area contributed by atoms with Crippen molar-refractivity contribution in [3.05, 3.63) is 94.5 Å². The third kappa shape index (κ3) is 5.03. The van der Waals surface area contributed by atoms with Crippen molar-refractivity contribution in [1.82, 2.24) is 5.32 Å². The van der Waals surface area contributed by atoms with Gasteiger partial charge in [-0.2, -0.15) is 0 Å². The Hall–Kier alpha value is -3.12. The van der Waals surface area contributed by atoms with E-state index in [1.165, 1.54) is 0 Å². The predicted molar refractivity (Wildman–Crippen MR) is 116 cm³/mol. The minimum atomic E-state index is -3.74. The van der Waals surface area contributed by atoms with Gasteiger partial charge in [-0.3, -0.25) is 9.52 Å². The highest BCUT2D eigenvalue weighted by Crippen LogP contribution is 2.22. The van der Waals surface area contributed by atoms with E-state index in [4.69, 9.17) is 0 Å². The number of nitrogens with one attached hydrogen (secondary N) is 2. The number of carbonyl (C=O) groups is 1. The highest BCUT2D eigenvalue weighted by atomic mass is 32.2. The van der Waals surface area contributed by atoms with Crippen molar-refractivity contribution in [2.75, 3.05) is 4.72 Å². The second-order valence-electron chi connectivity index (χ2n) is 7.06. The fourth-order valence-electron chi connectivity index (χ4n) is 2.88. The maximum Gasteiger partial charge on any atom is 0.261 e. The molecule has 3 aromatic rings. The van der Waals surface area contributed by atoms with Crippen molar-refractivity contribution in [1.29, 1.82) is 0 Å². The zero-order valence-corrected chi connectivity index (χ0v) is 17.5. The molecule has 0 aliphatic carbocycles. The number of amides is 1. The van der Waals surface area contributed by atoms with Crippen molar-refractivity contribution in [3.63, 3.8) is 0 Å². The first-order valence-corrected chi connectivity index (χ1v) is 10.8. The lowest BCUT2D eigenvalue weighted by Gasteiger charge is -2.13. The van der Waals surface area contributed by atoms with Gasteiger partial charge in [0.15, 0.2) is 0 Å². The third-order valence-electron chi connectivity index (χ3n) is 4.78. The van der Waals surface area contributed by atoms with Crippen LogP contribution in [-0.2, 0) is 16.6 Å². The number of hydrogen-bond acceptors (Lipinski definition) is 3. The van der Waals surface area contributed by atoms with Gasteiger partial charge in [0.25, 0.3) is 15.9 Å². The summed E-state index contributed by atoms with van der Waals surface area (Å²) in [6.07, 6.45) is 0. The highest BCUT2D eigenvalue weighted by Gasteiger charge is 2.16. The molecule has 0 spiro atoms. The number of benzene rings is 3. The first-order valence-electron chi connectivity index (χ1n) is 9.29. The molecule has 0 saturated carbocycles. The first kappa shape index (κ1) is 20.6. The van der Waals surface area contributed by atoms with Crippen LogP contribution in [0.15, 0.2) is 71.6 Å². The van der Waals surface area contributed by atoms with Gasteiger partial charge in [-0.25, -0.2) is 8.42 Å². The topological polar surface area (TPSA) is 75.3 Å². The van der Waals surface area contributed by atoms with Crippen molar-refractivity contribution < 1.29 is 13.2 Å². The van der Waals surface area contributed by atoms with Crippen molar-refractivity contribution in [3.8, 4) is 0 Å². The van der Waals surface area contributed by atoms with E-state index in [1.54, 1.807) is 49.4 Å². The molecule has 0 aliphatic rings. The third-order valence-corrected chi connectivity index (χ3v) is 6.16. The SMILES string of the molecule is Cc1ccc(S(=O)(=O)Nc2cc(C(=O)NCc3ccccc3C)ccc2C)cc1. The average molecular weight is 409 g/mol. The summed E-state index contributed by atoms with van der Waals surface area (Å²) in [7, 11) is -3.74. The molecule has 0 heterocycles. The summed E-state index contributed by atoms with van der Waals surface area (Å²) in [6, 6.07) is 19.4. The van der Waals surface area contributed by atoms with Gasteiger partial charge in [0.05, 0.1) is 10.6 Å². The fraction of sp³-hybridized carbons (Fsp3) is 0.174. The number of rotatable bonds is 6. The van der Waals surface area contributed by atoms with Crippen LogP contribution >= 0.6 is 0 Å². The Balaban J connectivity index is 1.78. The maximum atomic E-state index is 12.7. The molecule has 0 atom stereocenters. The van der Waals surface area contributed by atoms with E-state index in [1.807, 2.05) is 38.1 Å². The van der Waals surface area contributed by atoms with Crippen LogP contribution in [0.5, 0.6) is 0 Å². The lowest BCUT2D eigenvalue weighted by molar-refractivity contribution is 0.0951. The summed E-state index contributed by atoms with van der Waals surface area (Å²) in [5, 5.41) is 2.89. The van der Waals surface area contributed by atoms with Gasteiger partial charge in [0.1, 0.15) is 0 Å². The summed E-state index contributed by atoms with van der Waals surface area (Å²) in [5.74, 6) is -0.260. The van der Waals surface area contributed by atoms with E-state index in [9.17, 15) is 13.2 Å².